The predicted molar refractivity (Wildman–Crippen MR) is 92.7 cm³/mol. The van der Waals surface area contributed by atoms with Crippen molar-refractivity contribution in [2.45, 2.75) is 33.5 Å². The molecule has 136 valence electrons. The minimum Gasteiger partial charge on any atom is -0.494 e. The Balaban J connectivity index is 2.04. The molecular formula is C17H23F2N5O. The number of guanidine groups is 1. The number of para-hydroxylation sites is 1. The van der Waals surface area contributed by atoms with Crippen LogP contribution in [0.3, 0.4) is 0 Å². The van der Waals surface area contributed by atoms with Gasteiger partial charge in [-0.25, -0.2) is 9.98 Å². The van der Waals surface area contributed by atoms with Gasteiger partial charge in [0, 0.05) is 24.5 Å². The summed E-state index contributed by atoms with van der Waals surface area (Å²) in [5.41, 5.74) is 0.954. The Morgan fingerprint density at radius 1 is 1.28 bits per heavy atom. The second-order valence-corrected chi connectivity index (χ2v) is 5.12. The van der Waals surface area contributed by atoms with E-state index in [4.69, 9.17) is 4.74 Å². The average Bonchev–Trinajstić information content (AvgIpc) is 3.07. The monoisotopic (exact) mass is 351 g/mol. The number of benzene rings is 1. The highest BCUT2D eigenvalue weighted by atomic mass is 19.3. The van der Waals surface area contributed by atoms with Gasteiger partial charge in [-0.1, -0.05) is 18.2 Å². The lowest BCUT2D eigenvalue weighted by molar-refractivity contribution is 0.0668. The van der Waals surface area contributed by atoms with Crippen LogP contribution >= 0.6 is 0 Å². The molecule has 2 N–H and O–H groups in total. The standard InChI is InChI=1S/C17H23F2N5O/c1-3-20-17(23-12-15-21-9-10-24(15)16(18)19)22-11-13-7-5-6-8-14(13)25-4-2/h5-10,16H,3-4,11-12H2,1-2H3,(H2,20,22,23). The number of nitrogens with one attached hydrogen (secondary N) is 2. The molecular weight excluding hydrogens is 328 g/mol. The summed E-state index contributed by atoms with van der Waals surface area (Å²) < 4.78 is 32.1. The van der Waals surface area contributed by atoms with Gasteiger partial charge in [-0.05, 0) is 19.9 Å². The summed E-state index contributed by atoms with van der Waals surface area (Å²) in [5.74, 6) is 1.56. The highest BCUT2D eigenvalue weighted by molar-refractivity contribution is 5.79. The van der Waals surface area contributed by atoms with Crippen LogP contribution in [0, 0.1) is 0 Å². The Kier molecular flexibility index (Phi) is 7.18. The summed E-state index contributed by atoms with van der Waals surface area (Å²) in [6, 6.07) is 7.68. The zero-order chi connectivity index (χ0) is 18.1. The number of rotatable bonds is 8. The molecule has 0 spiro atoms. The van der Waals surface area contributed by atoms with Gasteiger partial charge in [0.2, 0.25) is 0 Å². The van der Waals surface area contributed by atoms with E-state index in [-0.39, 0.29) is 12.4 Å². The van der Waals surface area contributed by atoms with Crippen LogP contribution < -0.4 is 15.4 Å². The van der Waals surface area contributed by atoms with E-state index in [0.29, 0.717) is 25.7 Å². The zero-order valence-corrected chi connectivity index (χ0v) is 14.4. The van der Waals surface area contributed by atoms with Crippen molar-refractivity contribution in [2.75, 3.05) is 13.2 Å². The lowest BCUT2D eigenvalue weighted by Crippen LogP contribution is -2.37. The third-order valence-corrected chi connectivity index (χ3v) is 3.40. The number of ether oxygens (including phenoxy) is 1. The molecule has 1 aromatic heterocycles. The van der Waals surface area contributed by atoms with Gasteiger partial charge in [0.25, 0.3) is 0 Å². The third-order valence-electron chi connectivity index (χ3n) is 3.40. The first-order valence-electron chi connectivity index (χ1n) is 8.18. The van der Waals surface area contributed by atoms with E-state index in [1.54, 1.807) is 0 Å². The first-order valence-corrected chi connectivity index (χ1v) is 8.18. The number of halogens is 2. The van der Waals surface area contributed by atoms with Crippen molar-refractivity contribution in [3.63, 3.8) is 0 Å². The van der Waals surface area contributed by atoms with Crippen LogP contribution in [0.4, 0.5) is 8.78 Å². The van der Waals surface area contributed by atoms with Crippen LogP contribution in [0.15, 0.2) is 41.7 Å². The van der Waals surface area contributed by atoms with Crippen LogP contribution in [-0.4, -0.2) is 28.7 Å². The van der Waals surface area contributed by atoms with E-state index in [0.717, 1.165) is 15.9 Å². The maximum atomic E-state index is 12.9. The van der Waals surface area contributed by atoms with Gasteiger partial charge in [-0.15, -0.1) is 0 Å². The van der Waals surface area contributed by atoms with E-state index in [1.165, 1.54) is 12.4 Å². The van der Waals surface area contributed by atoms with Crippen molar-refractivity contribution < 1.29 is 13.5 Å². The van der Waals surface area contributed by atoms with Gasteiger partial charge < -0.3 is 15.4 Å². The fourth-order valence-electron chi connectivity index (χ4n) is 2.26. The summed E-state index contributed by atoms with van der Waals surface area (Å²) in [4.78, 5) is 8.43. The average molecular weight is 351 g/mol. The molecule has 0 saturated carbocycles. The maximum absolute atomic E-state index is 12.9. The Bertz CT molecular complexity index is 687. The lowest BCUT2D eigenvalue weighted by Gasteiger charge is -2.13. The summed E-state index contributed by atoms with van der Waals surface area (Å²) in [6.07, 6.45) is 2.61. The summed E-state index contributed by atoms with van der Waals surface area (Å²) in [6.45, 7) is 3.04. The van der Waals surface area contributed by atoms with Crippen LogP contribution in [-0.2, 0) is 13.1 Å². The molecule has 1 aromatic carbocycles. The molecule has 0 unspecified atom stereocenters. The van der Waals surface area contributed by atoms with Gasteiger partial charge in [0.05, 0.1) is 19.7 Å². The number of imidazole rings is 1. The number of hydrogen-bond acceptors (Lipinski definition) is 3. The molecule has 0 aliphatic heterocycles. The number of alkyl halides is 2. The van der Waals surface area contributed by atoms with Crippen LogP contribution in [0.5, 0.6) is 5.75 Å². The summed E-state index contributed by atoms with van der Waals surface area (Å²) >= 11 is 0. The van der Waals surface area contributed by atoms with Gasteiger partial charge in [0.1, 0.15) is 11.6 Å². The Morgan fingerprint density at radius 2 is 2.08 bits per heavy atom. The third kappa shape index (κ3) is 5.44. The highest BCUT2D eigenvalue weighted by Crippen LogP contribution is 2.18. The van der Waals surface area contributed by atoms with Crippen molar-refractivity contribution in [1.82, 2.24) is 20.2 Å². The second kappa shape index (κ2) is 9.61. The smallest absolute Gasteiger partial charge is 0.319 e. The fraction of sp³-hybridized carbons (Fsp3) is 0.412. The Morgan fingerprint density at radius 3 is 2.80 bits per heavy atom. The molecule has 2 rings (SSSR count). The van der Waals surface area contributed by atoms with E-state index in [2.05, 4.69) is 20.6 Å². The SMILES string of the molecule is CCNC(=NCc1ccccc1OCC)NCc1nccn1C(F)F. The molecule has 0 aliphatic rings. The highest BCUT2D eigenvalue weighted by Gasteiger charge is 2.11. The molecule has 0 radical (unpaired) electrons. The van der Waals surface area contributed by atoms with Gasteiger partial charge >= 0.3 is 6.55 Å². The molecule has 0 atom stereocenters. The van der Waals surface area contributed by atoms with E-state index in [9.17, 15) is 8.78 Å². The number of nitrogens with zero attached hydrogens (tertiary/aromatic N) is 3. The lowest BCUT2D eigenvalue weighted by atomic mass is 10.2. The van der Waals surface area contributed by atoms with E-state index < -0.39 is 6.55 Å². The Hall–Kier alpha value is -2.64. The summed E-state index contributed by atoms with van der Waals surface area (Å²) in [7, 11) is 0. The van der Waals surface area contributed by atoms with Gasteiger partial charge in [-0.3, -0.25) is 4.57 Å². The van der Waals surface area contributed by atoms with Gasteiger partial charge in [-0.2, -0.15) is 8.78 Å². The molecule has 0 saturated heterocycles. The maximum Gasteiger partial charge on any atom is 0.319 e. The number of aromatic nitrogens is 2. The topological polar surface area (TPSA) is 63.5 Å². The van der Waals surface area contributed by atoms with E-state index >= 15 is 0 Å². The molecule has 2 aromatic rings. The van der Waals surface area contributed by atoms with Gasteiger partial charge in [0.15, 0.2) is 5.96 Å². The number of hydrogen-bond donors (Lipinski definition) is 2. The second-order valence-electron chi connectivity index (χ2n) is 5.12. The van der Waals surface area contributed by atoms with Crippen LogP contribution in [0.1, 0.15) is 31.8 Å². The van der Waals surface area contributed by atoms with Crippen LogP contribution in [0.2, 0.25) is 0 Å². The molecule has 0 aliphatic carbocycles. The molecule has 0 fully saturated rings. The fourth-order valence-corrected chi connectivity index (χ4v) is 2.26. The predicted octanol–water partition coefficient (Wildman–Crippen LogP) is 2.93. The van der Waals surface area contributed by atoms with Crippen molar-refractivity contribution in [3.05, 3.63) is 48.0 Å². The van der Waals surface area contributed by atoms with Crippen molar-refractivity contribution >= 4 is 5.96 Å². The molecule has 25 heavy (non-hydrogen) atoms. The molecule has 0 bridgehead atoms. The quantitative estimate of drug-likeness (QED) is 0.567. The minimum atomic E-state index is -2.61. The molecule has 0 amide bonds. The normalized spacial score (nSPS) is 11.6. The molecule has 1 heterocycles. The first kappa shape index (κ1) is 18.7. The van der Waals surface area contributed by atoms with Crippen molar-refractivity contribution in [3.8, 4) is 5.75 Å². The summed E-state index contributed by atoms with van der Waals surface area (Å²) in [5, 5.41) is 6.11. The van der Waals surface area contributed by atoms with E-state index in [1.807, 2.05) is 38.1 Å². The van der Waals surface area contributed by atoms with Crippen LogP contribution in [0.25, 0.3) is 0 Å². The molecule has 6 nitrogen and oxygen atoms in total. The Labute approximate surface area is 145 Å². The number of aliphatic imine (C=N–C) groups is 1. The van der Waals surface area contributed by atoms with Crippen molar-refractivity contribution in [2.24, 2.45) is 4.99 Å². The largest absolute Gasteiger partial charge is 0.494 e. The first-order chi connectivity index (χ1) is 12.2. The zero-order valence-electron chi connectivity index (χ0n) is 14.4. The minimum absolute atomic E-state index is 0.149. The van der Waals surface area contributed by atoms with Crippen molar-refractivity contribution in [1.29, 1.82) is 0 Å². The molecule has 8 heteroatoms.